The Hall–Kier alpha value is -0.860. The summed E-state index contributed by atoms with van der Waals surface area (Å²) < 4.78 is 25.9. The first-order chi connectivity index (χ1) is 6.89. The van der Waals surface area contributed by atoms with Crippen LogP contribution in [0.3, 0.4) is 0 Å². The quantitative estimate of drug-likeness (QED) is 0.714. The van der Waals surface area contributed by atoms with E-state index in [2.05, 4.69) is 6.58 Å². The molecule has 0 spiro atoms. The van der Waals surface area contributed by atoms with Crippen LogP contribution in [0.4, 0.5) is 8.78 Å². The van der Waals surface area contributed by atoms with Gasteiger partial charge in [-0.1, -0.05) is 18.7 Å². The van der Waals surface area contributed by atoms with Gasteiger partial charge in [-0.2, -0.15) is 0 Å². The molecule has 2 atom stereocenters. The number of alkyl halides is 2. The van der Waals surface area contributed by atoms with E-state index in [-0.39, 0.29) is 0 Å². The van der Waals surface area contributed by atoms with Crippen molar-refractivity contribution in [1.29, 1.82) is 0 Å². The van der Waals surface area contributed by atoms with Crippen LogP contribution in [0.2, 0.25) is 0 Å². The van der Waals surface area contributed by atoms with Crippen molar-refractivity contribution in [2.24, 2.45) is 17.6 Å². The van der Waals surface area contributed by atoms with Crippen LogP contribution in [0.5, 0.6) is 0 Å². The number of halogens is 2. The van der Waals surface area contributed by atoms with Crippen molar-refractivity contribution in [2.45, 2.75) is 38.5 Å². The van der Waals surface area contributed by atoms with Crippen LogP contribution < -0.4 is 5.73 Å². The highest BCUT2D eigenvalue weighted by atomic mass is 19.3. The molecule has 0 aromatic rings. The van der Waals surface area contributed by atoms with Crippen molar-refractivity contribution >= 4 is 0 Å². The monoisotopic (exact) mass is 215 g/mol. The third kappa shape index (κ3) is 4.02. The molecule has 0 amide bonds. The molecular formula is C12H19F2N. The first kappa shape index (κ1) is 12.2. The van der Waals surface area contributed by atoms with Crippen LogP contribution in [0.15, 0.2) is 24.4 Å². The van der Waals surface area contributed by atoms with Gasteiger partial charge in [0.15, 0.2) is 0 Å². The topological polar surface area (TPSA) is 26.0 Å². The molecule has 0 aliphatic heterocycles. The molecule has 3 heteroatoms. The predicted molar refractivity (Wildman–Crippen MR) is 58.5 cm³/mol. The summed E-state index contributed by atoms with van der Waals surface area (Å²) in [4.78, 5) is 0. The summed E-state index contributed by atoms with van der Waals surface area (Å²) in [6, 6.07) is 0. The standard InChI is InChI=1S/C12H19F2N/c1-9(15)3-4-10-5-7-11(8-6-10)12(2,13)14/h5,7,10-11H,1,3-4,6,8,15H2,2H3/t10-,11+/m0/s1. The normalized spacial score (nSPS) is 26.6. The minimum absolute atomic E-state index is 0.392. The second kappa shape index (κ2) is 4.77. The Kier molecular flexibility index (Phi) is 3.89. The Morgan fingerprint density at radius 2 is 2.13 bits per heavy atom. The van der Waals surface area contributed by atoms with Gasteiger partial charge in [-0.05, 0) is 38.5 Å². The Morgan fingerprint density at radius 3 is 2.53 bits per heavy atom. The SMILES string of the molecule is C=C(N)CC[C@H]1C=C[C@@H](C(C)(F)F)CC1. The zero-order valence-electron chi connectivity index (χ0n) is 9.18. The first-order valence-electron chi connectivity index (χ1n) is 5.39. The van der Waals surface area contributed by atoms with Crippen molar-refractivity contribution < 1.29 is 8.78 Å². The predicted octanol–water partition coefficient (Wildman–Crippen LogP) is 3.48. The van der Waals surface area contributed by atoms with Gasteiger partial charge in [0.25, 0.3) is 5.92 Å². The van der Waals surface area contributed by atoms with Gasteiger partial charge in [-0.3, -0.25) is 0 Å². The molecule has 15 heavy (non-hydrogen) atoms. The summed E-state index contributed by atoms with van der Waals surface area (Å²) in [5.41, 5.74) is 6.14. The van der Waals surface area contributed by atoms with Gasteiger partial charge < -0.3 is 5.73 Å². The van der Waals surface area contributed by atoms with Gasteiger partial charge in [-0.15, -0.1) is 0 Å². The highest BCUT2D eigenvalue weighted by Gasteiger charge is 2.33. The summed E-state index contributed by atoms with van der Waals surface area (Å²) in [6.07, 6.45) is 6.68. The Balaban J connectivity index is 2.41. The van der Waals surface area contributed by atoms with Gasteiger partial charge >= 0.3 is 0 Å². The smallest absolute Gasteiger partial charge is 0.251 e. The van der Waals surface area contributed by atoms with Crippen LogP contribution in [-0.2, 0) is 0 Å². The van der Waals surface area contributed by atoms with E-state index >= 15 is 0 Å². The molecule has 0 fully saturated rings. The van der Waals surface area contributed by atoms with E-state index in [1.807, 2.05) is 6.08 Å². The fourth-order valence-corrected chi connectivity index (χ4v) is 1.91. The summed E-state index contributed by atoms with van der Waals surface area (Å²) in [6.45, 7) is 4.62. The lowest BCUT2D eigenvalue weighted by atomic mass is 9.83. The van der Waals surface area contributed by atoms with Crippen LogP contribution in [0.25, 0.3) is 0 Å². The average molecular weight is 215 g/mol. The highest BCUT2D eigenvalue weighted by Crippen LogP contribution is 2.35. The van der Waals surface area contributed by atoms with Gasteiger partial charge in [0.1, 0.15) is 0 Å². The lowest BCUT2D eigenvalue weighted by Gasteiger charge is -2.26. The third-order valence-corrected chi connectivity index (χ3v) is 2.95. The molecule has 0 aromatic carbocycles. The molecule has 0 saturated carbocycles. The Morgan fingerprint density at radius 1 is 1.47 bits per heavy atom. The van der Waals surface area contributed by atoms with Gasteiger partial charge in [-0.25, -0.2) is 8.78 Å². The largest absolute Gasteiger partial charge is 0.403 e. The average Bonchev–Trinajstić information content (AvgIpc) is 2.14. The summed E-state index contributed by atoms with van der Waals surface area (Å²) in [5, 5.41) is 0. The molecule has 0 saturated heterocycles. The Bertz CT molecular complexity index is 253. The van der Waals surface area contributed by atoms with Crippen molar-refractivity contribution in [1.82, 2.24) is 0 Å². The second-order valence-electron chi connectivity index (χ2n) is 4.48. The first-order valence-corrected chi connectivity index (χ1v) is 5.39. The third-order valence-electron chi connectivity index (χ3n) is 2.95. The molecule has 86 valence electrons. The van der Waals surface area contributed by atoms with Crippen LogP contribution in [0.1, 0.15) is 32.6 Å². The fraction of sp³-hybridized carbons (Fsp3) is 0.667. The molecule has 0 radical (unpaired) electrons. The van der Waals surface area contributed by atoms with E-state index in [9.17, 15) is 8.78 Å². The van der Waals surface area contributed by atoms with E-state index in [0.29, 0.717) is 18.0 Å². The highest BCUT2D eigenvalue weighted by molar-refractivity contribution is 5.02. The van der Waals surface area contributed by atoms with Crippen molar-refractivity contribution in [3.05, 3.63) is 24.4 Å². The summed E-state index contributed by atoms with van der Waals surface area (Å²) in [7, 11) is 0. The lowest BCUT2D eigenvalue weighted by Crippen LogP contribution is -2.25. The summed E-state index contributed by atoms with van der Waals surface area (Å²) in [5.74, 6) is -2.78. The maximum Gasteiger partial charge on any atom is 0.251 e. The van der Waals surface area contributed by atoms with E-state index in [0.717, 1.165) is 26.2 Å². The number of nitrogens with two attached hydrogens (primary N) is 1. The van der Waals surface area contributed by atoms with Crippen LogP contribution >= 0.6 is 0 Å². The Labute approximate surface area is 90.0 Å². The molecule has 1 aliphatic carbocycles. The van der Waals surface area contributed by atoms with Crippen LogP contribution in [-0.4, -0.2) is 5.92 Å². The molecule has 0 aromatic heterocycles. The molecule has 2 N–H and O–H groups in total. The maximum absolute atomic E-state index is 13.0. The molecule has 0 heterocycles. The van der Waals surface area contributed by atoms with Crippen LogP contribution in [0, 0.1) is 11.8 Å². The van der Waals surface area contributed by atoms with Crippen molar-refractivity contribution in [3.8, 4) is 0 Å². The molecule has 1 rings (SSSR count). The second-order valence-corrected chi connectivity index (χ2v) is 4.48. The maximum atomic E-state index is 13.0. The van der Waals surface area contributed by atoms with Gasteiger partial charge in [0, 0.05) is 11.6 Å². The number of hydrogen-bond acceptors (Lipinski definition) is 1. The number of rotatable bonds is 4. The zero-order chi connectivity index (χ0) is 11.5. The molecule has 0 unspecified atom stereocenters. The van der Waals surface area contributed by atoms with E-state index in [1.165, 1.54) is 0 Å². The van der Waals surface area contributed by atoms with E-state index < -0.39 is 11.8 Å². The van der Waals surface area contributed by atoms with Crippen molar-refractivity contribution in [2.75, 3.05) is 0 Å². The van der Waals surface area contributed by atoms with Gasteiger partial charge in [0.05, 0.1) is 0 Å². The van der Waals surface area contributed by atoms with Crippen molar-refractivity contribution in [3.63, 3.8) is 0 Å². The fourth-order valence-electron chi connectivity index (χ4n) is 1.91. The molecule has 1 aliphatic rings. The lowest BCUT2D eigenvalue weighted by molar-refractivity contribution is -0.0273. The number of hydrogen-bond donors (Lipinski definition) is 1. The minimum Gasteiger partial charge on any atom is -0.403 e. The molecular weight excluding hydrogens is 196 g/mol. The summed E-state index contributed by atoms with van der Waals surface area (Å²) >= 11 is 0. The molecule has 1 nitrogen and oxygen atoms in total. The minimum atomic E-state index is -2.58. The van der Waals surface area contributed by atoms with Gasteiger partial charge in [0.2, 0.25) is 0 Å². The van der Waals surface area contributed by atoms with E-state index in [4.69, 9.17) is 5.73 Å². The van der Waals surface area contributed by atoms with E-state index in [1.54, 1.807) is 6.08 Å². The number of allylic oxidation sites excluding steroid dienone is 3. The zero-order valence-corrected chi connectivity index (χ0v) is 9.18. The molecule has 0 bridgehead atoms.